The first-order chi connectivity index (χ1) is 46.3. The molecule has 0 saturated carbocycles. The third-order valence-corrected chi connectivity index (χ3v) is 15.5. The second-order valence-electron chi connectivity index (χ2n) is 25.3. The van der Waals surface area contributed by atoms with Gasteiger partial charge in [0.1, 0.15) is 60.4 Å². The number of allylic oxidation sites excluding steroid dienone is 1. The quantitative estimate of drug-likeness (QED) is 0.0344. The Morgan fingerprint density at radius 2 is 0.673 bits per heavy atom. The molecule has 2 rings (SSSR count). The molecule has 2 aromatic rings. The lowest BCUT2D eigenvalue weighted by molar-refractivity contribution is -0.143. The summed E-state index contributed by atoms with van der Waals surface area (Å²) in [4.78, 5) is 169. The molecule has 0 saturated heterocycles. The van der Waals surface area contributed by atoms with Gasteiger partial charge in [-0.3, -0.25) is 52.7 Å². The summed E-state index contributed by atoms with van der Waals surface area (Å²) in [6.07, 6.45) is 3.72. The lowest BCUT2D eigenvalue weighted by atomic mass is 10.0. The van der Waals surface area contributed by atoms with Crippen LogP contribution in [0.1, 0.15) is 155 Å². The maximum atomic E-state index is 13.7. The molecule has 0 aliphatic heterocycles. The molecular formula is C67H104N12O19. The summed E-state index contributed by atoms with van der Waals surface area (Å²) in [6, 6.07) is 1.66. The van der Waals surface area contributed by atoms with E-state index < -0.39 is 176 Å². The van der Waals surface area contributed by atoms with Crippen LogP contribution >= 0.6 is 0 Å². The number of carbonyl (C=O) groups is 13. The number of carbonyl (C=O) groups excluding carboxylic acids is 11. The third-order valence-electron chi connectivity index (χ3n) is 15.5. The van der Waals surface area contributed by atoms with E-state index in [1.54, 1.807) is 88.4 Å². The first kappa shape index (κ1) is 85.0. The summed E-state index contributed by atoms with van der Waals surface area (Å²) in [5.41, 5.74) is 12.4. The zero-order valence-corrected chi connectivity index (χ0v) is 56.9. The standard InChI is InChI=1S/C67H104N12O19/c1-38(2)30-45(58(87)72-47(34-53(68)84)60(89)76-49(66(95)96)32-43-25-19-16-20-26-43)74-64(93)56(41(6)82)78-62(91)51(36-80)70-40(5)24-18-14-12-10-8-9-11-13-15-23-29-55(86)71-52(37-81)63(92)79-57(42(7)83)65(94)75-46(31-39(3)4)59(88)73-48(35-54(69)85)61(90)77-50(67(97)98)33-44-27-21-17-22-28-44/h16-17,19-22,25-28,38-39,41-42,45-52,56-57,70,80-83H,5,8-15,18,23-24,29-37H2,1-4,6-7H3,(H2,68,84)(H2,69,85)(H,71,86)(H,72,87)(H,73,88)(H,74,93)(H,75,94)(H,76,89)(H,77,90)(H,78,91)(H,79,92)(H,95,96)(H,97,98)/t41-,42-,45+,46+,47+,48+,49+,50+,51+,52+,56+,57+/m1/s1. The molecule has 11 amide bonds. The lowest BCUT2D eigenvalue weighted by Gasteiger charge is -2.28. The fraction of sp³-hybridized carbons (Fsp3) is 0.597. The molecule has 0 fully saturated rings. The summed E-state index contributed by atoms with van der Waals surface area (Å²) < 4.78 is 0. The van der Waals surface area contributed by atoms with Crippen molar-refractivity contribution in [3.8, 4) is 0 Å². The zero-order chi connectivity index (χ0) is 73.6. The number of rotatable bonds is 50. The van der Waals surface area contributed by atoms with Gasteiger partial charge in [-0.1, -0.05) is 146 Å². The van der Waals surface area contributed by atoms with E-state index >= 15 is 0 Å². The van der Waals surface area contributed by atoms with Crippen molar-refractivity contribution in [3.05, 3.63) is 84.1 Å². The minimum atomic E-state index is -1.71. The second kappa shape index (κ2) is 45.4. The number of aliphatic carboxylic acids is 2. The SMILES string of the molecule is C=C(CCCCCCCCCCCCC(=O)N[C@@H](CO)C(=O)N[C@H](C(=O)N[C@@H](CC(C)C)C(=O)N[C@@H](CC(N)=O)C(=O)N[C@@H](Cc1ccccc1)C(=O)O)[C@@H](C)O)N[C@@H](CO)C(=O)N[C@H](C(=O)N[C@@H](CC(C)C)C(=O)N[C@@H](CC(N)=O)C(=O)N[C@@H](Cc1ccccc1)C(=O)O)[C@@H](C)O. The Bertz CT molecular complexity index is 2740. The molecule has 546 valence electrons. The van der Waals surface area contributed by atoms with Gasteiger partial charge in [0.05, 0.1) is 38.3 Å². The van der Waals surface area contributed by atoms with Gasteiger partial charge in [-0.15, -0.1) is 0 Å². The van der Waals surface area contributed by atoms with Gasteiger partial charge in [0.25, 0.3) is 0 Å². The van der Waals surface area contributed by atoms with Gasteiger partial charge in [0.2, 0.25) is 65.0 Å². The van der Waals surface area contributed by atoms with Crippen molar-refractivity contribution in [3.63, 3.8) is 0 Å². The molecular weight excluding hydrogens is 1280 g/mol. The van der Waals surface area contributed by atoms with E-state index in [2.05, 4.69) is 59.7 Å². The first-order valence-corrected chi connectivity index (χ1v) is 33.1. The predicted molar refractivity (Wildman–Crippen MR) is 358 cm³/mol. The lowest BCUT2D eigenvalue weighted by Crippen LogP contribution is -2.61. The Labute approximate surface area is 571 Å². The number of benzene rings is 2. The van der Waals surface area contributed by atoms with Crippen molar-refractivity contribution < 1.29 is 93.0 Å². The van der Waals surface area contributed by atoms with Gasteiger partial charge in [-0.2, -0.15) is 0 Å². The molecule has 0 heterocycles. The number of carboxylic acid groups (broad SMARTS) is 2. The van der Waals surface area contributed by atoms with E-state index in [-0.39, 0.29) is 43.9 Å². The molecule has 2 aromatic carbocycles. The van der Waals surface area contributed by atoms with Crippen LogP contribution in [0.5, 0.6) is 0 Å². The van der Waals surface area contributed by atoms with E-state index in [9.17, 15) is 93.0 Å². The highest BCUT2D eigenvalue weighted by Gasteiger charge is 2.37. The van der Waals surface area contributed by atoms with Gasteiger partial charge in [-0.25, -0.2) is 9.59 Å². The molecule has 31 nitrogen and oxygen atoms in total. The molecule has 0 aliphatic carbocycles. The summed E-state index contributed by atoms with van der Waals surface area (Å²) in [7, 11) is 0. The topological polar surface area (TPSA) is 516 Å². The number of hydrogen-bond acceptors (Lipinski definition) is 18. The highest BCUT2D eigenvalue weighted by molar-refractivity contribution is 5.99. The third kappa shape index (κ3) is 33.7. The average Bonchev–Trinajstić information content (AvgIpc) is 0.886. The number of unbranched alkanes of at least 4 members (excludes halogenated alkanes) is 9. The van der Waals surface area contributed by atoms with E-state index in [1.165, 1.54) is 13.8 Å². The monoisotopic (exact) mass is 1380 g/mol. The smallest absolute Gasteiger partial charge is 0.326 e. The molecule has 0 bridgehead atoms. The van der Waals surface area contributed by atoms with E-state index in [0.717, 1.165) is 44.9 Å². The normalized spacial score (nSPS) is 14.9. The summed E-state index contributed by atoms with van der Waals surface area (Å²) in [6.45, 7) is 11.7. The Balaban J connectivity index is 1.82. The summed E-state index contributed by atoms with van der Waals surface area (Å²) in [5.74, 6) is -13.7. The minimum absolute atomic E-state index is 0.0141. The number of primary amides is 2. The Morgan fingerprint density at radius 3 is 0.990 bits per heavy atom. The molecule has 0 unspecified atom stereocenters. The van der Waals surface area contributed by atoms with Crippen LogP contribution in [-0.2, 0) is 75.2 Å². The molecule has 31 heteroatoms. The number of nitrogens with two attached hydrogens (primary N) is 2. The van der Waals surface area contributed by atoms with Gasteiger partial charge in [0.15, 0.2) is 0 Å². The Hall–Kier alpha value is -9.07. The summed E-state index contributed by atoms with van der Waals surface area (Å²) >= 11 is 0. The van der Waals surface area contributed by atoms with Crippen LogP contribution in [0.15, 0.2) is 72.9 Å². The number of carboxylic acids is 2. The number of aliphatic hydroxyl groups excluding tert-OH is 4. The molecule has 20 N–H and O–H groups in total. The van der Waals surface area contributed by atoms with Crippen LogP contribution in [0.2, 0.25) is 0 Å². The van der Waals surface area contributed by atoms with Crippen molar-refractivity contribution in [2.75, 3.05) is 13.2 Å². The van der Waals surface area contributed by atoms with Gasteiger partial charge >= 0.3 is 11.9 Å². The van der Waals surface area contributed by atoms with E-state index in [1.807, 2.05) is 0 Å². The van der Waals surface area contributed by atoms with Crippen molar-refractivity contribution >= 4 is 76.9 Å². The van der Waals surface area contributed by atoms with E-state index in [4.69, 9.17) is 11.5 Å². The van der Waals surface area contributed by atoms with Crippen LogP contribution in [0.3, 0.4) is 0 Å². The van der Waals surface area contributed by atoms with Crippen LogP contribution in [0.4, 0.5) is 0 Å². The van der Waals surface area contributed by atoms with Crippen molar-refractivity contribution in [1.29, 1.82) is 0 Å². The number of hydrogen-bond donors (Lipinski definition) is 18. The highest BCUT2D eigenvalue weighted by Crippen LogP contribution is 2.16. The number of amides is 11. The van der Waals surface area contributed by atoms with Crippen LogP contribution in [0, 0.1) is 11.8 Å². The zero-order valence-electron chi connectivity index (χ0n) is 56.9. The average molecular weight is 1380 g/mol. The molecule has 0 spiro atoms. The van der Waals surface area contributed by atoms with Crippen LogP contribution in [0.25, 0.3) is 0 Å². The van der Waals surface area contributed by atoms with Crippen LogP contribution < -0.4 is 64.6 Å². The van der Waals surface area contributed by atoms with Gasteiger partial charge < -0.3 is 95.3 Å². The predicted octanol–water partition coefficient (Wildman–Crippen LogP) is -1.25. The Kier molecular flexibility index (Phi) is 39.4. The number of nitrogens with one attached hydrogen (secondary N) is 10. The molecule has 12 atom stereocenters. The van der Waals surface area contributed by atoms with Crippen LogP contribution in [-0.4, -0.2) is 193 Å². The van der Waals surface area contributed by atoms with Gasteiger partial charge in [0, 0.05) is 25.0 Å². The summed E-state index contributed by atoms with van der Waals surface area (Å²) in [5, 5.41) is 85.4. The second-order valence-corrected chi connectivity index (χ2v) is 25.3. The molecule has 98 heavy (non-hydrogen) atoms. The maximum Gasteiger partial charge on any atom is 0.326 e. The number of aliphatic hydroxyl groups is 4. The molecule has 0 aliphatic rings. The van der Waals surface area contributed by atoms with Crippen molar-refractivity contribution in [2.24, 2.45) is 23.3 Å². The largest absolute Gasteiger partial charge is 0.480 e. The highest BCUT2D eigenvalue weighted by atomic mass is 16.4. The maximum absolute atomic E-state index is 13.7. The fourth-order valence-corrected chi connectivity index (χ4v) is 10.3. The van der Waals surface area contributed by atoms with Gasteiger partial charge in [-0.05, 0) is 68.9 Å². The van der Waals surface area contributed by atoms with E-state index in [0.29, 0.717) is 42.5 Å². The molecule has 0 aromatic heterocycles. The molecule has 0 radical (unpaired) electrons. The Morgan fingerprint density at radius 1 is 0.378 bits per heavy atom. The first-order valence-electron chi connectivity index (χ1n) is 33.1. The fourth-order valence-electron chi connectivity index (χ4n) is 10.3. The van der Waals surface area contributed by atoms with Crippen molar-refractivity contribution in [1.82, 2.24) is 53.2 Å². The minimum Gasteiger partial charge on any atom is -0.480 e. The van der Waals surface area contributed by atoms with Crippen molar-refractivity contribution in [2.45, 2.75) is 230 Å².